The quantitative estimate of drug-likeness (QED) is 0.535. The number of thiazole rings is 1. The molecule has 0 saturated carbocycles. The number of likely N-dealkylation sites (tertiary alicyclic amines) is 1. The third kappa shape index (κ3) is 6.40. The summed E-state index contributed by atoms with van der Waals surface area (Å²) >= 11 is 1.64. The Labute approximate surface area is 176 Å². The van der Waals surface area contributed by atoms with E-state index in [1.165, 1.54) is 6.07 Å². The first-order valence-electron chi connectivity index (χ1n) is 10.1. The van der Waals surface area contributed by atoms with Gasteiger partial charge in [-0.3, -0.25) is 9.89 Å². The molecule has 158 valence electrons. The molecule has 0 bridgehead atoms. The molecule has 0 spiro atoms. The molecule has 3 rings (SSSR count). The highest BCUT2D eigenvalue weighted by Crippen LogP contribution is 2.20. The molecule has 1 aromatic carbocycles. The molecule has 0 unspecified atom stereocenters. The predicted molar refractivity (Wildman–Crippen MR) is 119 cm³/mol. The number of guanidine groups is 1. The van der Waals surface area contributed by atoms with Crippen LogP contribution in [0.4, 0.5) is 9.52 Å². The number of hydrogen-bond acceptors (Lipinski definition) is 5. The lowest BCUT2D eigenvalue weighted by molar-refractivity contribution is 0.176. The number of rotatable bonds is 7. The van der Waals surface area contributed by atoms with Crippen LogP contribution in [0.3, 0.4) is 0 Å². The van der Waals surface area contributed by atoms with Crippen molar-refractivity contribution in [1.82, 2.24) is 20.5 Å². The summed E-state index contributed by atoms with van der Waals surface area (Å²) < 4.78 is 13.8. The van der Waals surface area contributed by atoms with Gasteiger partial charge in [0.25, 0.3) is 0 Å². The van der Waals surface area contributed by atoms with Crippen LogP contribution in [0.15, 0.2) is 34.6 Å². The number of hydrogen-bond donors (Lipinski definition) is 2. The lowest BCUT2D eigenvalue weighted by Gasteiger charge is -2.32. The summed E-state index contributed by atoms with van der Waals surface area (Å²) in [6, 6.07) is 7.06. The number of piperidine rings is 1. The van der Waals surface area contributed by atoms with Crippen molar-refractivity contribution < 1.29 is 4.39 Å². The normalized spacial score (nSPS) is 16.1. The van der Waals surface area contributed by atoms with Crippen LogP contribution in [-0.2, 0) is 13.1 Å². The van der Waals surface area contributed by atoms with Crippen LogP contribution < -0.4 is 15.5 Å². The van der Waals surface area contributed by atoms with E-state index in [1.807, 2.05) is 31.1 Å². The largest absolute Gasteiger partial charge is 0.356 e. The van der Waals surface area contributed by atoms with Gasteiger partial charge >= 0.3 is 0 Å². The van der Waals surface area contributed by atoms with E-state index in [0.717, 1.165) is 54.8 Å². The minimum Gasteiger partial charge on any atom is -0.356 e. The third-order valence-corrected chi connectivity index (χ3v) is 6.26. The molecule has 1 aromatic heterocycles. The average molecular weight is 419 g/mol. The minimum atomic E-state index is -0.107. The molecule has 8 heteroatoms. The van der Waals surface area contributed by atoms with E-state index in [9.17, 15) is 4.39 Å². The van der Waals surface area contributed by atoms with Gasteiger partial charge in [-0.05, 0) is 37.9 Å². The molecule has 1 aliphatic rings. The smallest absolute Gasteiger partial charge is 0.191 e. The Morgan fingerprint density at radius 1 is 1.28 bits per heavy atom. The lowest BCUT2D eigenvalue weighted by atomic mass is 9.96. The SMILES string of the molecule is CN=C(NCc1csc(N(C)C)n1)NCC1CCN(Cc2ccccc2F)CC1. The highest BCUT2D eigenvalue weighted by molar-refractivity contribution is 7.13. The van der Waals surface area contributed by atoms with Crippen molar-refractivity contribution in [1.29, 1.82) is 0 Å². The van der Waals surface area contributed by atoms with Crippen molar-refractivity contribution in [3.05, 3.63) is 46.7 Å². The van der Waals surface area contributed by atoms with Crippen molar-refractivity contribution in [2.45, 2.75) is 25.9 Å². The molecule has 1 aliphatic heterocycles. The number of aromatic nitrogens is 1. The number of aliphatic imine (C=N–C) groups is 1. The Morgan fingerprint density at radius 3 is 2.69 bits per heavy atom. The van der Waals surface area contributed by atoms with E-state index >= 15 is 0 Å². The number of halogens is 1. The molecule has 2 N–H and O–H groups in total. The minimum absolute atomic E-state index is 0.107. The Hall–Kier alpha value is -2.19. The van der Waals surface area contributed by atoms with Gasteiger partial charge in [-0.15, -0.1) is 11.3 Å². The summed E-state index contributed by atoms with van der Waals surface area (Å²) in [7, 11) is 5.79. The Kier molecular flexibility index (Phi) is 7.83. The molecule has 1 fully saturated rings. The summed E-state index contributed by atoms with van der Waals surface area (Å²) in [5.74, 6) is 1.30. The van der Waals surface area contributed by atoms with Crippen LogP contribution in [0.2, 0.25) is 0 Å². The summed E-state index contributed by atoms with van der Waals surface area (Å²) in [5.41, 5.74) is 1.80. The zero-order valence-corrected chi connectivity index (χ0v) is 18.3. The Morgan fingerprint density at radius 2 is 2.03 bits per heavy atom. The maximum absolute atomic E-state index is 13.8. The number of nitrogens with zero attached hydrogens (tertiary/aromatic N) is 4. The Bertz CT molecular complexity index is 798. The molecule has 1 saturated heterocycles. The third-order valence-electron chi connectivity index (χ3n) is 5.20. The van der Waals surface area contributed by atoms with E-state index in [4.69, 9.17) is 0 Å². The molecule has 2 aromatic rings. The number of nitrogens with one attached hydrogen (secondary N) is 2. The molecule has 6 nitrogen and oxygen atoms in total. The van der Waals surface area contributed by atoms with Crippen molar-refractivity contribution in [2.75, 3.05) is 45.7 Å². The summed E-state index contributed by atoms with van der Waals surface area (Å²) in [5, 5.41) is 9.85. The standard InChI is InChI=1S/C21H31FN6S/c1-23-20(25-13-18-15-29-21(26-18)27(2)3)24-12-16-8-10-28(11-9-16)14-17-6-4-5-7-19(17)22/h4-7,15-16H,8-14H2,1-3H3,(H2,23,24,25). The monoisotopic (exact) mass is 418 g/mol. The first-order valence-corrected chi connectivity index (χ1v) is 10.9. The van der Waals surface area contributed by atoms with Gasteiger partial charge in [0.15, 0.2) is 11.1 Å². The zero-order chi connectivity index (χ0) is 20.6. The lowest BCUT2D eigenvalue weighted by Crippen LogP contribution is -2.42. The van der Waals surface area contributed by atoms with Crippen molar-refractivity contribution >= 4 is 22.4 Å². The van der Waals surface area contributed by atoms with Crippen molar-refractivity contribution in [3.63, 3.8) is 0 Å². The van der Waals surface area contributed by atoms with Gasteiger partial charge in [0.05, 0.1) is 12.2 Å². The number of benzene rings is 1. The maximum Gasteiger partial charge on any atom is 0.191 e. The fourth-order valence-corrected chi connectivity index (χ4v) is 4.19. The van der Waals surface area contributed by atoms with Crippen LogP contribution in [-0.4, -0.2) is 56.6 Å². The predicted octanol–water partition coefficient (Wildman–Crippen LogP) is 2.93. The van der Waals surface area contributed by atoms with Gasteiger partial charge < -0.3 is 15.5 Å². The zero-order valence-electron chi connectivity index (χ0n) is 17.5. The maximum atomic E-state index is 13.8. The van der Waals surface area contributed by atoms with Crippen molar-refractivity contribution in [3.8, 4) is 0 Å². The molecular formula is C21H31FN6S. The van der Waals surface area contributed by atoms with Gasteiger partial charge in [-0.25, -0.2) is 9.37 Å². The van der Waals surface area contributed by atoms with Gasteiger partial charge in [0.1, 0.15) is 5.82 Å². The molecule has 2 heterocycles. The summed E-state index contributed by atoms with van der Waals surface area (Å²) in [6.07, 6.45) is 2.22. The summed E-state index contributed by atoms with van der Waals surface area (Å²) in [4.78, 5) is 13.3. The topological polar surface area (TPSA) is 55.8 Å². The number of anilines is 1. The van der Waals surface area contributed by atoms with Gasteiger partial charge in [-0.2, -0.15) is 0 Å². The highest BCUT2D eigenvalue weighted by atomic mass is 32.1. The second-order valence-corrected chi connectivity index (χ2v) is 8.47. The average Bonchev–Trinajstić information content (AvgIpc) is 3.20. The van der Waals surface area contributed by atoms with E-state index in [2.05, 4.69) is 30.9 Å². The fourth-order valence-electron chi connectivity index (χ4n) is 3.43. The van der Waals surface area contributed by atoms with E-state index < -0.39 is 0 Å². The second kappa shape index (κ2) is 10.5. The first kappa shape index (κ1) is 21.5. The van der Waals surface area contributed by atoms with E-state index in [0.29, 0.717) is 19.0 Å². The van der Waals surface area contributed by atoms with Gasteiger partial charge in [-0.1, -0.05) is 18.2 Å². The van der Waals surface area contributed by atoms with E-state index in [-0.39, 0.29) is 5.82 Å². The van der Waals surface area contributed by atoms with Crippen LogP contribution in [0.25, 0.3) is 0 Å². The molecule has 0 radical (unpaired) electrons. The molecule has 29 heavy (non-hydrogen) atoms. The molecular weight excluding hydrogens is 387 g/mol. The van der Waals surface area contributed by atoms with Crippen LogP contribution in [0.5, 0.6) is 0 Å². The van der Waals surface area contributed by atoms with Crippen LogP contribution in [0, 0.1) is 11.7 Å². The molecule has 0 atom stereocenters. The van der Waals surface area contributed by atoms with Gasteiger partial charge in [0, 0.05) is 45.2 Å². The van der Waals surface area contributed by atoms with Crippen molar-refractivity contribution in [2.24, 2.45) is 10.9 Å². The Balaban J connectivity index is 1.37. The molecule has 0 amide bonds. The van der Waals surface area contributed by atoms with Crippen LogP contribution in [0.1, 0.15) is 24.1 Å². The van der Waals surface area contributed by atoms with Crippen LogP contribution >= 0.6 is 11.3 Å². The second-order valence-electron chi connectivity index (χ2n) is 7.63. The van der Waals surface area contributed by atoms with Gasteiger partial charge in [0.2, 0.25) is 0 Å². The molecule has 0 aliphatic carbocycles. The first-order chi connectivity index (χ1) is 14.0. The highest BCUT2D eigenvalue weighted by Gasteiger charge is 2.20. The van der Waals surface area contributed by atoms with E-state index in [1.54, 1.807) is 24.5 Å². The summed E-state index contributed by atoms with van der Waals surface area (Å²) in [6.45, 7) is 4.24. The fraction of sp³-hybridized carbons (Fsp3) is 0.524.